The summed E-state index contributed by atoms with van der Waals surface area (Å²) in [4.78, 5) is 25.7. The molecule has 1 amide bonds. The highest BCUT2D eigenvalue weighted by Crippen LogP contribution is 2.59. The molecule has 1 aliphatic heterocycles. The van der Waals surface area contributed by atoms with Gasteiger partial charge in [-0.25, -0.2) is 0 Å². The number of amides is 1. The molecule has 0 aromatic rings. The zero-order chi connectivity index (χ0) is 15.2. The van der Waals surface area contributed by atoms with E-state index in [1.54, 1.807) is 0 Å². The molecule has 1 N–H and O–H groups in total. The molecule has 118 valence electrons. The summed E-state index contributed by atoms with van der Waals surface area (Å²) in [5.41, 5.74) is -0.412. The third-order valence-corrected chi connectivity index (χ3v) is 5.31. The number of carboxylic acids is 1. The van der Waals surface area contributed by atoms with Crippen molar-refractivity contribution in [1.82, 2.24) is 4.90 Å². The van der Waals surface area contributed by atoms with E-state index in [1.807, 2.05) is 18.7 Å². The molecule has 1 unspecified atom stereocenters. The first-order chi connectivity index (χ1) is 9.91. The molecule has 3 rings (SSSR count). The summed E-state index contributed by atoms with van der Waals surface area (Å²) in [5, 5.41) is 9.22. The second-order valence-electron chi connectivity index (χ2n) is 7.44. The average molecular weight is 295 g/mol. The molecule has 0 aromatic carbocycles. The summed E-state index contributed by atoms with van der Waals surface area (Å²) in [6.07, 6.45) is 4.63. The van der Waals surface area contributed by atoms with Gasteiger partial charge in [-0.1, -0.05) is 13.8 Å². The second kappa shape index (κ2) is 5.27. The minimum absolute atomic E-state index is 0.00659. The normalized spacial score (nSPS) is 34.6. The molecule has 5 heteroatoms. The van der Waals surface area contributed by atoms with E-state index in [2.05, 4.69) is 0 Å². The number of hydrogen-bond acceptors (Lipinski definition) is 3. The quantitative estimate of drug-likeness (QED) is 0.839. The Bertz CT molecular complexity index is 444. The maximum absolute atomic E-state index is 12.6. The van der Waals surface area contributed by atoms with Gasteiger partial charge in [0.15, 0.2) is 0 Å². The summed E-state index contributed by atoms with van der Waals surface area (Å²) < 4.78 is 5.90. The first-order valence-corrected chi connectivity index (χ1v) is 8.04. The monoisotopic (exact) mass is 295 g/mol. The fourth-order valence-electron chi connectivity index (χ4n) is 3.59. The van der Waals surface area contributed by atoms with Crippen LogP contribution in [-0.2, 0) is 14.3 Å². The SMILES string of the molecule is CC1(C)[C@H](C(=O)O)[C@@H]1C(=O)N1CCCC(OCC2CC2)C1. The van der Waals surface area contributed by atoms with Gasteiger partial charge in [-0.15, -0.1) is 0 Å². The van der Waals surface area contributed by atoms with E-state index < -0.39 is 17.3 Å². The predicted molar refractivity (Wildman–Crippen MR) is 76.7 cm³/mol. The first-order valence-electron chi connectivity index (χ1n) is 8.04. The van der Waals surface area contributed by atoms with Gasteiger partial charge in [0.05, 0.1) is 17.9 Å². The minimum atomic E-state index is -0.850. The van der Waals surface area contributed by atoms with Crippen molar-refractivity contribution in [2.75, 3.05) is 19.7 Å². The first kappa shape index (κ1) is 14.8. The molecule has 0 spiro atoms. The van der Waals surface area contributed by atoms with Crippen LogP contribution in [0.15, 0.2) is 0 Å². The topological polar surface area (TPSA) is 66.8 Å². The summed E-state index contributed by atoms with van der Waals surface area (Å²) in [6.45, 7) is 5.93. The van der Waals surface area contributed by atoms with Crippen LogP contribution in [0.2, 0.25) is 0 Å². The summed E-state index contributed by atoms with van der Waals surface area (Å²) in [6, 6.07) is 0. The van der Waals surface area contributed by atoms with E-state index in [0.29, 0.717) is 6.54 Å². The number of ether oxygens (including phenoxy) is 1. The van der Waals surface area contributed by atoms with Gasteiger partial charge in [-0.05, 0) is 37.0 Å². The number of nitrogens with zero attached hydrogens (tertiary/aromatic N) is 1. The predicted octanol–water partition coefficient (Wildman–Crippen LogP) is 1.76. The Hall–Kier alpha value is -1.10. The lowest BCUT2D eigenvalue weighted by molar-refractivity contribution is -0.143. The Morgan fingerprint density at radius 2 is 1.95 bits per heavy atom. The Balaban J connectivity index is 1.55. The van der Waals surface area contributed by atoms with Crippen molar-refractivity contribution in [2.45, 2.75) is 45.6 Å². The molecule has 1 saturated heterocycles. The Morgan fingerprint density at radius 1 is 1.24 bits per heavy atom. The van der Waals surface area contributed by atoms with Gasteiger partial charge < -0.3 is 14.7 Å². The number of hydrogen-bond donors (Lipinski definition) is 1. The molecule has 0 aromatic heterocycles. The fraction of sp³-hybridized carbons (Fsp3) is 0.875. The van der Waals surface area contributed by atoms with Crippen molar-refractivity contribution in [3.05, 3.63) is 0 Å². The van der Waals surface area contributed by atoms with E-state index in [0.717, 1.165) is 31.9 Å². The van der Waals surface area contributed by atoms with Crippen molar-refractivity contribution in [3.8, 4) is 0 Å². The molecule has 2 aliphatic carbocycles. The smallest absolute Gasteiger partial charge is 0.307 e. The van der Waals surface area contributed by atoms with Crippen LogP contribution in [0.4, 0.5) is 0 Å². The zero-order valence-corrected chi connectivity index (χ0v) is 12.9. The van der Waals surface area contributed by atoms with Crippen LogP contribution in [0.25, 0.3) is 0 Å². The number of aliphatic carboxylic acids is 1. The van der Waals surface area contributed by atoms with E-state index in [-0.39, 0.29) is 17.9 Å². The van der Waals surface area contributed by atoms with Gasteiger partial charge in [-0.3, -0.25) is 9.59 Å². The van der Waals surface area contributed by atoms with Gasteiger partial charge in [0.2, 0.25) is 5.91 Å². The maximum atomic E-state index is 12.6. The fourth-order valence-corrected chi connectivity index (χ4v) is 3.59. The molecule has 0 radical (unpaired) electrons. The van der Waals surface area contributed by atoms with E-state index >= 15 is 0 Å². The van der Waals surface area contributed by atoms with E-state index in [9.17, 15) is 14.7 Å². The molecule has 1 heterocycles. The van der Waals surface area contributed by atoms with Gasteiger partial charge >= 0.3 is 5.97 Å². The van der Waals surface area contributed by atoms with Crippen molar-refractivity contribution in [3.63, 3.8) is 0 Å². The second-order valence-corrected chi connectivity index (χ2v) is 7.44. The van der Waals surface area contributed by atoms with Crippen molar-refractivity contribution in [1.29, 1.82) is 0 Å². The van der Waals surface area contributed by atoms with Crippen molar-refractivity contribution < 1.29 is 19.4 Å². The molecule has 3 aliphatic rings. The lowest BCUT2D eigenvalue weighted by Crippen LogP contribution is -2.44. The zero-order valence-electron chi connectivity index (χ0n) is 12.9. The van der Waals surface area contributed by atoms with Gasteiger partial charge in [0, 0.05) is 19.7 Å². The number of carbonyl (C=O) groups is 2. The molecule has 3 fully saturated rings. The average Bonchev–Trinajstić information content (AvgIpc) is 3.32. The van der Waals surface area contributed by atoms with Crippen LogP contribution >= 0.6 is 0 Å². The molecule has 2 saturated carbocycles. The molecule has 21 heavy (non-hydrogen) atoms. The Labute approximate surface area is 125 Å². The summed E-state index contributed by atoms with van der Waals surface area (Å²) in [7, 11) is 0. The van der Waals surface area contributed by atoms with Gasteiger partial charge in [0.1, 0.15) is 0 Å². The lowest BCUT2D eigenvalue weighted by atomic mass is 10.1. The number of rotatable bonds is 5. The molecule has 3 atom stereocenters. The summed E-state index contributed by atoms with van der Waals surface area (Å²) >= 11 is 0. The standard InChI is InChI=1S/C16H25NO4/c1-16(2)12(13(16)15(19)20)14(18)17-7-3-4-11(8-17)21-9-10-5-6-10/h10-13H,3-9H2,1-2H3,(H,19,20)/t11?,12-,13+/m1/s1. The largest absolute Gasteiger partial charge is 0.481 e. The third-order valence-electron chi connectivity index (χ3n) is 5.31. The third kappa shape index (κ3) is 2.93. The summed E-state index contributed by atoms with van der Waals surface area (Å²) in [5.74, 6) is -1.01. The lowest BCUT2D eigenvalue weighted by Gasteiger charge is -2.33. The molecular weight excluding hydrogens is 270 g/mol. The highest BCUT2D eigenvalue weighted by Gasteiger charge is 2.66. The van der Waals surface area contributed by atoms with Crippen molar-refractivity contribution >= 4 is 11.9 Å². The minimum Gasteiger partial charge on any atom is -0.481 e. The number of likely N-dealkylation sites (tertiary alicyclic amines) is 1. The molecular formula is C16H25NO4. The van der Waals surface area contributed by atoms with Crippen LogP contribution < -0.4 is 0 Å². The number of piperidine rings is 1. The highest BCUT2D eigenvalue weighted by molar-refractivity contribution is 5.91. The van der Waals surface area contributed by atoms with Gasteiger partial charge in [-0.2, -0.15) is 0 Å². The van der Waals surface area contributed by atoms with Crippen LogP contribution in [0.3, 0.4) is 0 Å². The van der Waals surface area contributed by atoms with Crippen LogP contribution in [0, 0.1) is 23.2 Å². The van der Waals surface area contributed by atoms with Crippen molar-refractivity contribution in [2.24, 2.45) is 23.2 Å². The molecule has 0 bridgehead atoms. The number of carboxylic acid groups (broad SMARTS) is 1. The Kier molecular flexibility index (Phi) is 3.72. The van der Waals surface area contributed by atoms with Crippen LogP contribution in [0.5, 0.6) is 0 Å². The van der Waals surface area contributed by atoms with Crippen LogP contribution in [-0.4, -0.2) is 47.7 Å². The van der Waals surface area contributed by atoms with Gasteiger partial charge in [0.25, 0.3) is 0 Å². The number of carbonyl (C=O) groups excluding carboxylic acids is 1. The Morgan fingerprint density at radius 3 is 2.52 bits per heavy atom. The highest BCUT2D eigenvalue weighted by atomic mass is 16.5. The van der Waals surface area contributed by atoms with Crippen LogP contribution in [0.1, 0.15) is 39.5 Å². The molecule has 5 nitrogen and oxygen atoms in total. The maximum Gasteiger partial charge on any atom is 0.307 e. The van der Waals surface area contributed by atoms with E-state index in [1.165, 1.54) is 12.8 Å². The van der Waals surface area contributed by atoms with E-state index in [4.69, 9.17) is 4.74 Å².